The number of hydrogen-bond donors (Lipinski definition) is 1. The molecule has 0 bridgehead atoms. The molecule has 32 heavy (non-hydrogen) atoms. The normalized spacial score (nSPS) is 12.2. The fourth-order valence-corrected chi connectivity index (χ4v) is 4.53. The Labute approximate surface area is 191 Å². The molecule has 8 heteroatoms. The SMILES string of the molecule is CNC(=O)[C@@H](C)N(Cc1ccc(C)cc1)C(=O)CCCN(c1ccccc1C)S(C)(=O)=O. The Morgan fingerprint density at radius 1 is 1.03 bits per heavy atom. The van der Waals surface area contributed by atoms with Crippen molar-refractivity contribution in [2.75, 3.05) is 24.2 Å². The molecule has 2 aromatic carbocycles. The number of sulfonamides is 1. The second-order valence-electron chi connectivity index (χ2n) is 8.02. The average Bonchev–Trinajstić information content (AvgIpc) is 2.75. The first-order chi connectivity index (χ1) is 15.0. The zero-order valence-electron chi connectivity index (χ0n) is 19.5. The number of anilines is 1. The third-order valence-electron chi connectivity index (χ3n) is 5.42. The van der Waals surface area contributed by atoms with Gasteiger partial charge in [0.15, 0.2) is 0 Å². The van der Waals surface area contributed by atoms with Gasteiger partial charge in [-0.2, -0.15) is 0 Å². The minimum absolute atomic E-state index is 0.130. The van der Waals surface area contributed by atoms with E-state index in [0.29, 0.717) is 18.7 Å². The summed E-state index contributed by atoms with van der Waals surface area (Å²) in [6, 6.07) is 14.4. The lowest BCUT2D eigenvalue weighted by Crippen LogP contribution is -2.46. The summed E-state index contributed by atoms with van der Waals surface area (Å²) in [5.74, 6) is -0.442. The van der Waals surface area contributed by atoms with Crippen molar-refractivity contribution in [1.29, 1.82) is 0 Å². The van der Waals surface area contributed by atoms with Gasteiger partial charge in [0, 0.05) is 26.6 Å². The van der Waals surface area contributed by atoms with Crippen LogP contribution in [0.1, 0.15) is 36.5 Å². The lowest BCUT2D eigenvalue weighted by atomic mass is 10.1. The molecule has 0 saturated carbocycles. The number of aryl methyl sites for hydroxylation is 2. The summed E-state index contributed by atoms with van der Waals surface area (Å²) >= 11 is 0. The van der Waals surface area contributed by atoms with Crippen molar-refractivity contribution in [2.24, 2.45) is 0 Å². The van der Waals surface area contributed by atoms with Crippen molar-refractivity contribution in [2.45, 2.75) is 46.2 Å². The Kier molecular flexibility index (Phi) is 8.83. The molecule has 174 valence electrons. The average molecular weight is 460 g/mol. The summed E-state index contributed by atoms with van der Waals surface area (Å²) < 4.78 is 26.1. The molecule has 0 aromatic heterocycles. The number of likely N-dealkylation sites (N-methyl/N-ethyl adjacent to an activating group) is 1. The van der Waals surface area contributed by atoms with Crippen molar-refractivity contribution in [3.8, 4) is 0 Å². The molecule has 0 saturated heterocycles. The molecule has 1 atom stereocenters. The van der Waals surface area contributed by atoms with Crippen molar-refractivity contribution >= 4 is 27.5 Å². The maximum absolute atomic E-state index is 13.1. The van der Waals surface area contributed by atoms with Crippen LogP contribution in [0.3, 0.4) is 0 Å². The van der Waals surface area contributed by atoms with Gasteiger partial charge in [0.1, 0.15) is 6.04 Å². The van der Waals surface area contributed by atoms with Crippen LogP contribution in [0.4, 0.5) is 5.69 Å². The van der Waals surface area contributed by atoms with Crippen LogP contribution < -0.4 is 9.62 Å². The fraction of sp³-hybridized carbons (Fsp3) is 0.417. The Morgan fingerprint density at radius 3 is 2.22 bits per heavy atom. The van der Waals surface area contributed by atoms with E-state index in [9.17, 15) is 18.0 Å². The number of carbonyl (C=O) groups is 2. The van der Waals surface area contributed by atoms with E-state index >= 15 is 0 Å². The molecule has 2 aromatic rings. The van der Waals surface area contributed by atoms with E-state index in [1.54, 1.807) is 31.0 Å². The fourth-order valence-electron chi connectivity index (χ4n) is 3.51. The lowest BCUT2D eigenvalue weighted by Gasteiger charge is -2.29. The van der Waals surface area contributed by atoms with E-state index in [1.807, 2.05) is 50.2 Å². The van der Waals surface area contributed by atoms with Crippen LogP contribution in [0.25, 0.3) is 0 Å². The van der Waals surface area contributed by atoms with Crippen molar-refractivity contribution < 1.29 is 18.0 Å². The highest BCUT2D eigenvalue weighted by Gasteiger charge is 2.26. The maximum Gasteiger partial charge on any atom is 0.242 e. The number of carbonyl (C=O) groups excluding carboxylic acids is 2. The van der Waals surface area contributed by atoms with Crippen molar-refractivity contribution in [3.63, 3.8) is 0 Å². The van der Waals surface area contributed by atoms with Gasteiger partial charge in [-0.3, -0.25) is 13.9 Å². The van der Waals surface area contributed by atoms with Gasteiger partial charge >= 0.3 is 0 Å². The van der Waals surface area contributed by atoms with Gasteiger partial charge in [0.05, 0.1) is 11.9 Å². The van der Waals surface area contributed by atoms with Crippen LogP contribution in [0, 0.1) is 13.8 Å². The predicted octanol–water partition coefficient (Wildman–Crippen LogP) is 3.01. The molecule has 0 aliphatic heterocycles. The van der Waals surface area contributed by atoms with E-state index in [2.05, 4.69) is 5.32 Å². The number of amides is 2. The summed E-state index contributed by atoms with van der Waals surface area (Å²) in [4.78, 5) is 26.9. The van der Waals surface area contributed by atoms with Gasteiger partial charge in [-0.1, -0.05) is 48.0 Å². The van der Waals surface area contributed by atoms with Gasteiger partial charge < -0.3 is 10.2 Å². The first-order valence-electron chi connectivity index (χ1n) is 10.6. The van der Waals surface area contributed by atoms with E-state index < -0.39 is 16.1 Å². The summed E-state index contributed by atoms with van der Waals surface area (Å²) in [7, 11) is -1.96. The quantitative estimate of drug-likeness (QED) is 0.592. The topological polar surface area (TPSA) is 86.8 Å². The van der Waals surface area contributed by atoms with Crippen LogP contribution in [0.15, 0.2) is 48.5 Å². The number of nitrogens with one attached hydrogen (secondary N) is 1. The number of benzene rings is 2. The minimum atomic E-state index is -3.50. The Balaban J connectivity index is 2.14. The van der Waals surface area contributed by atoms with Crippen molar-refractivity contribution in [3.05, 3.63) is 65.2 Å². The minimum Gasteiger partial charge on any atom is -0.357 e. The molecule has 0 aliphatic rings. The van der Waals surface area contributed by atoms with Gasteiger partial charge in [-0.05, 0) is 44.4 Å². The standard InChI is InChI=1S/C24H33N3O4S/c1-18-12-14-21(15-13-18)17-26(20(3)24(29)25-4)23(28)11-8-16-27(32(5,30)31)22-10-7-6-9-19(22)2/h6-7,9-10,12-15,20H,8,11,16-17H2,1-5H3,(H,25,29)/t20-/m1/s1. The molecule has 0 aliphatic carbocycles. The highest BCUT2D eigenvalue weighted by Crippen LogP contribution is 2.23. The molecule has 0 unspecified atom stereocenters. The molecular formula is C24H33N3O4S. The zero-order chi connectivity index (χ0) is 23.9. The second-order valence-corrected chi connectivity index (χ2v) is 9.93. The third kappa shape index (κ3) is 6.82. The summed E-state index contributed by atoms with van der Waals surface area (Å²) in [5.41, 5.74) is 3.50. The van der Waals surface area contributed by atoms with Crippen LogP contribution in [-0.4, -0.2) is 51.0 Å². The Morgan fingerprint density at radius 2 is 1.66 bits per heavy atom. The van der Waals surface area contributed by atoms with Gasteiger partial charge in [-0.15, -0.1) is 0 Å². The third-order valence-corrected chi connectivity index (χ3v) is 6.60. The van der Waals surface area contributed by atoms with E-state index in [0.717, 1.165) is 16.7 Å². The zero-order valence-corrected chi connectivity index (χ0v) is 20.3. The number of para-hydroxylation sites is 1. The largest absolute Gasteiger partial charge is 0.357 e. The van der Waals surface area contributed by atoms with E-state index in [4.69, 9.17) is 0 Å². The summed E-state index contributed by atoms with van der Waals surface area (Å²) in [6.45, 7) is 6.03. The molecule has 2 rings (SSSR count). The molecule has 7 nitrogen and oxygen atoms in total. The van der Waals surface area contributed by atoms with Gasteiger partial charge in [0.25, 0.3) is 0 Å². The van der Waals surface area contributed by atoms with Crippen LogP contribution in [-0.2, 0) is 26.2 Å². The first-order valence-corrected chi connectivity index (χ1v) is 12.5. The number of hydrogen-bond acceptors (Lipinski definition) is 4. The number of rotatable bonds is 10. The highest BCUT2D eigenvalue weighted by molar-refractivity contribution is 7.92. The Bertz CT molecular complexity index is 1040. The monoisotopic (exact) mass is 459 g/mol. The summed E-state index contributed by atoms with van der Waals surface area (Å²) in [6.07, 6.45) is 1.63. The predicted molar refractivity (Wildman–Crippen MR) is 128 cm³/mol. The molecular weight excluding hydrogens is 426 g/mol. The Hall–Kier alpha value is -2.87. The molecule has 0 radical (unpaired) electrons. The van der Waals surface area contributed by atoms with Crippen molar-refractivity contribution in [1.82, 2.24) is 10.2 Å². The van der Waals surface area contributed by atoms with Crippen LogP contribution in [0.5, 0.6) is 0 Å². The molecule has 1 N–H and O–H groups in total. The first kappa shape index (κ1) is 25.4. The van der Waals surface area contributed by atoms with Crippen LogP contribution in [0.2, 0.25) is 0 Å². The lowest BCUT2D eigenvalue weighted by molar-refractivity contribution is -0.140. The van der Waals surface area contributed by atoms with Gasteiger partial charge in [0.2, 0.25) is 21.8 Å². The highest BCUT2D eigenvalue weighted by atomic mass is 32.2. The van der Waals surface area contributed by atoms with Gasteiger partial charge in [-0.25, -0.2) is 8.42 Å². The number of nitrogens with zero attached hydrogens (tertiary/aromatic N) is 2. The molecule has 0 heterocycles. The van der Waals surface area contributed by atoms with Crippen LogP contribution >= 0.6 is 0 Å². The molecule has 2 amide bonds. The second kappa shape index (κ2) is 11.1. The summed E-state index contributed by atoms with van der Waals surface area (Å²) in [5, 5.41) is 2.60. The smallest absolute Gasteiger partial charge is 0.242 e. The maximum atomic E-state index is 13.1. The van der Waals surface area contributed by atoms with E-state index in [1.165, 1.54) is 10.6 Å². The molecule has 0 spiro atoms. The molecule has 0 fully saturated rings. The van der Waals surface area contributed by atoms with E-state index in [-0.39, 0.29) is 24.8 Å².